The molecule has 0 spiro atoms. The summed E-state index contributed by atoms with van der Waals surface area (Å²) < 4.78 is 5.78. The van der Waals surface area contributed by atoms with Crippen LogP contribution in [-0.4, -0.2) is 57.5 Å². The highest BCUT2D eigenvalue weighted by Crippen LogP contribution is 2.25. The Bertz CT molecular complexity index is 695. The molecule has 6 nitrogen and oxygen atoms in total. The fraction of sp³-hybridized carbons (Fsp3) is 0.389. The number of rotatable bonds is 4. The van der Waals surface area contributed by atoms with Crippen molar-refractivity contribution in [3.63, 3.8) is 0 Å². The smallest absolute Gasteiger partial charge is 0.249 e. The lowest BCUT2D eigenvalue weighted by Gasteiger charge is -2.36. The summed E-state index contributed by atoms with van der Waals surface area (Å²) >= 11 is 0. The Morgan fingerprint density at radius 1 is 1.00 bits per heavy atom. The lowest BCUT2D eigenvalue weighted by molar-refractivity contribution is -0.154. The molecule has 0 saturated carbocycles. The molecule has 6 heteroatoms. The molecule has 2 aromatic heterocycles. The number of likely N-dealkylation sites (tertiary alicyclic amines) is 1. The van der Waals surface area contributed by atoms with Crippen molar-refractivity contribution in [3.05, 3.63) is 60.2 Å². The molecule has 2 saturated heterocycles. The van der Waals surface area contributed by atoms with Gasteiger partial charge in [-0.3, -0.25) is 19.7 Å². The van der Waals surface area contributed by atoms with E-state index < -0.39 is 0 Å². The minimum atomic E-state index is 0.0431. The quantitative estimate of drug-likeness (QED) is 0.842. The third-order valence-electron chi connectivity index (χ3n) is 4.62. The third kappa shape index (κ3) is 3.16. The van der Waals surface area contributed by atoms with Crippen LogP contribution in [0, 0.1) is 0 Å². The maximum absolute atomic E-state index is 12.3. The summed E-state index contributed by atoms with van der Waals surface area (Å²) in [6.07, 6.45) is 3.64. The molecule has 2 fully saturated rings. The molecular weight excluding hydrogens is 304 g/mol. The fourth-order valence-electron chi connectivity index (χ4n) is 3.46. The first kappa shape index (κ1) is 15.2. The van der Waals surface area contributed by atoms with Crippen LogP contribution in [0.4, 0.5) is 0 Å². The summed E-state index contributed by atoms with van der Waals surface area (Å²) in [4.78, 5) is 25.3. The number of fused-ring (bicyclic) bond motifs is 1. The summed E-state index contributed by atoms with van der Waals surface area (Å²) in [6.45, 7) is 3.11. The summed E-state index contributed by atoms with van der Waals surface area (Å²) in [7, 11) is 0. The molecule has 2 aromatic rings. The van der Waals surface area contributed by atoms with Crippen molar-refractivity contribution in [2.45, 2.75) is 25.2 Å². The summed E-state index contributed by atoms with van der Waals surface area (Å²) in [5.74, 6) is 0.0431. The minimum Gasteiger partial charge on any atom is -0.365 e. The van der Waals surface area contributed by atoms with E-state index in [1.165, 1.54) is 0 Å². The van der Waals surface area contributed by atoms with Gasteiger partial charge >= 0.3 is 0 Å². The maximum Gasteiger partial charge on any atom is 0.249 e. The number of pyridine rings is 2. The second kappa shape index (κ2) is 6.67. The van der Waals surface area contributed by atoms with E-state index >= 15 is 0 Å². The van der Waals surface area contributed by atoms with Gasteiger partial charge in [0.05, 0.1) is 30.1 Å². The van der Waals surface area contributed by atoms with Crippen molar-refractivity contribution >= 4 is 5.91 Å². The fourth-order valence-corrected chi connectivity index (χ4v) is 3.46. The molecular formula is C18H20N4O2. The van der Waals surface area contributed by atoms with Gasteiger partial charge in [0.25, 0.3) is 0 Å². The zero-order valence-corrected chi connectivity index (χ0v) is 13.4. The number of ether oxygens (including phenoxy) is 1. The molecule has 0 N–H and O–H groups in total. The molecule has 1 amide bonds. The number of aromatic nitrogens is 2. The van der Waals surface area contributed by atoms with Crippen molar-refractivity contribution in [2.24, 2.45) is 0 Å². The van der Waals surface area contributed by atoms with Gasteiger partial charge in [-0.05, 0) is 24.3 Å². The van der Waals surface area contributed by atoms with Crippen LogP contribution in [0.5, 0.6) is 0 Å². The zero-order chi connectivity index (χ0) is 16.4. The Hall–Kier alpha value is -2.31. The molecule has 0 bridgehead atoms. The maximum atomic E-state index is 12.3. The van der Waals surface area contributed by atoms with Crippen molar-refractivity contribution in [2.75, 3.05) is 19.7 Å². The number of hydrogen-bond acceptors (Lipinski definition) is 5. The summed E-state index contributed by atoms with van der Waals surface area (Å²) in [5.41, 5.74) is 1.95. The van der Waals surface area contributed by atoms with Crippen molar-refractivity contribution in [1.82, 2.24) is 19.8 Å². The molecule has 2 aliphatic rings. The van der Waals surface area contributed by atoms with E-state index in [9.17, 15) is 4.79 Å². The van der Waals surface area contributed by atoms with E-state index in [0.717, 1.165) is 31.0 Å². The summed E-state index contributed by atoms with van der Waals surface area (Å²) in [6, 6.07) is 11.8. The predicted octanol–water partition coefficient (Wildman–Crippen LogP) is 1.09. The lowest BCUT2D eigenvalue weighted by Crippen LogP contribution is -2.53. The highest BCUT2D eigenvalue weighted by atomic mass is 16.5. The Morgan fingerprint density at radius 2 is 1.71 bits per heavy atom. The SMILES string of the molecule is O=C1CO[C@H]2CN(Cc3ccccn3)C[C@H]2N1Cc1ccccn1. The van der Waals surface area contributed by atoms with E-state index in [0.29, 0.717) is 6.54 Å². The third-order valence-corrected chi connectivity index (χ3v) is 4.62. The Kier molecular flexibility index (Phi) is 4.23. The molecule has 0 aromatic carbocycles. The largest absolute Gasteiger partial charge is 0.365 e. The normalized spacial score (nSPS) is 24.2. The van der Waals surface area contributed by atoms with Gasteiger partial charge in [-0.25, -0.2) is 0 Å². The molecule has 4 heterocycles. The highest BCUT2D eigenvalue weighted by molar-refractivity contribution is 5.78. The molecule has 24 heavy (non-hydrogen) atoms. The van der Waals surface area contributed by atoms with Crippen molar-refractivity contribution < 1.29 is 9.53 Å². The average molecular weight is 324 g/mol. The number of amides is 1. The minimum absolute atomic E-state index is 0.0431. The van der Waals surface area contributed by atoms with Gasteiger partial charge in [0, 0.05) is 32.0 Å². The Balaban J connectivity index is 1.47. The van der Waals surface area contributed by atoms with Crippen LogP contribution in [-0.2, 0) is 22.6 Å². The number of hydrogen-bond donors (Lipinski definition) is 0. The zero-order valence-electron chi connectivity index (χ0n) is 13.4. The van der Waals surface area contributed by atoms with E-state index in [1.807, 2.05) is 47.5 Å². The standard InChI is InChI=1S/C18H20N4O2/c23-18-13-24-17-12-21(9-14-5-1-3-7-19-14)11-16(17)22(18)10-15-6-2-4-8-20-15/h1-8,16-17H,9-13H2/t16-,17+/m1/s1. The molecule has 2 aliphatic heterocycles. The molecule has 4 rings (SSSR count). The van der Waals surface area contributed by atoms with Gasteiger partial charge in [0.1, 0.15) is 6.61 Å². The van der Waals surface area contributed by atoms with E-state index in [4.69, 9.17) is 4.74 Å². The molecule has 0 radical (unpaired) electrons. The van der Waals surface area contributed by atoms with E-state index in [2.05, 4.69) is 14.9 Å². The first-order valence-electron chi connectivity index (χ1n) is 8.23. The first-order valence-corrected chi connectivity index (χ1v) is 8.23. The van der Waals surface area contributed by atoms with Gasteiger partial charge in [0.15, 0.2) is 0 Å². The van der Waals surface area contributed by atoms with Crippen LogP contribution >= 0.6 is 0 Å². The molecule has 0 unspecified atom stereocenters. The molecule has 0 aliphatic carbocycles. The second-order valence-electron chi connectivity index (χ2n) is 6.27. The van der Waals surface area contributed by atoms with Gasteiger partial charge in [-0.2, -0.15) is 0 Å². The predicted molar refractivity (Wildman–Crippen MR) is 87.8 cm³/mol. The number of carbonyl (C=O) groups is 1. The van der Waals surface area contributed by atoms with Gasteiger partial charge < -0.3 is 9.64 Å². The average Bonchev–Trinajstić information content (AvgIpc) is 3.02. The van der Waals surface area contributed by atoms with Crippen LogP contribution in [0.1, 0.15) is 11.4 Å². The summed E-state index contributed by atoms with van der Waals surface area (Å²) in [5, 5.41) is 0. The topological polar surface area (TPSA) is 58.6 Å². The van der Waals surface area contributed by atoms with Crippen LogP contribution in [0.3, 0.4) is 0 Å². The van der Waals surface area contributed by atoms with Gasteiger partial charge in [-0.1, -0.05) is 12.1 Å². The lowest BCUT2D eigenvalue weighted by atomic mass is 10.1. The van der Waals surface area contributed by atoms with Crippen LogP contribution in [0.15, 0.2) is 48.8 Å². The molecule has 2 atom stereocenters. The molecule has 124 valence electrons. The number of nitrogens with zero attached hydrogens (tertiary/aromatic N) is 4. The second-order valence-corrected chi connectivity index (χ2v) is 6.27. The number of carbonyl (C=O) groups excluding carboxylic acids is 1. The monoisotopic (exact) mass is 324 g/mol. The van der Waals surface area contributed by atoms with Gasteiger partial charge in [0.2, 0.25) is 5.91 Å². The Labute approximate surface area is 141 Å². The van der Waals surface area contributed by atoms with Crippen molar-refractivity contribution in [3.8, 4) is 0 Å². The van der Waals surface area contributed by atoms with Crippen LogP contribution < -0.4 is 0 Å². The Morgan fingerprint density at radius 3 is 2.38 bits per heavy atom. The van der Waals surface area contributed by atoms with E-state index in [1.54, 1.807) is 6.20 Å². The van der Waals surface area contributed by atoms with Crippen molar-refractivity contribution in [1.29, 1.82) is 0 Å². The first-order chi connectivity index (χ1) is 11.8. The highest BCUT2D eigenvalue weighted by Gasteiger charge is 2.43. The van der Waals surface area contributed by atoms with Crippen LogP contribution in [0.25, 0.3) is 0 Å². The van der Waals surface area contributed by atoms with E-state index in [-0.39, 0.29) is 24.7 Å². The van der Waals surface area contributed by atoms with Crippen LogP contribution in [0.2, 0.25) is 0 Å². The number of morpholine rings is 1. The van der Waals surface area contributed by atoms with Gasteiger partial charge in [-0.15, -0.1) is 0 Å².